The van der Waals surface area contributed by atoms with E-state index >= 15 is 0 Å². The van der Waals surface area contributed by atoms with Gasteiger partial charge in [0.2, 0.25) is 0 Å². The molecule has 0 atom stereocenters. The number of nitrogens with zero attached hydrogens (tertiary/aromatic N) is 1. The summed E-state index contributed by atoms with van der Waals surface area (Å²) in [5.41, 5.74) is -3.10. The summed E-state index contributed by atoms with van der Waals surface area (Å²) in [6, 6.07) is 10.8. The summed E-state index contributed by atoms with van der Waals surface area (Å²) < 4.78 is 84.4. The second-order valence-electron chi connectivity index (χ2n) is 8.85. The lowest BCUT2D eigenvalue weighted by atomic mass is 10.1. The molecule has 2 N–H and O–H groups in total. The summed E-state index contributed by atoms with van der Waals surface area (Å²) in [7, 11) is 0. The van der Waals surface area contributed by atoms with Crippen LogP contribution in [0.2, 0.25) is 0 Å². The maximum atomic E-state index is 13.1. The summed E-state index contributed by atoms with van der Waals surface area (Å²) in [5.74, 6) is -1.56. The van der Waals surface area contributed by atoms with Gasteiger partial charge in [0.15, 0.2) is 5.88 Å². The van der Waals surface area contributed by atoms with Crippen molar-refractivity contribution in [2.45, 2.75) is 31.6 Å². The molecule has 1 aliphatic rings. The van der Waals surface area contributed by atoms with Crippen LogP contribution < -0.4 is 15.5 Å². The Morgan fingerprint density at radius 1 is 0.744 bits per heavy atom. The minimum absolute atomic E-state index is 0.101. The largest absolute Gasteiger partial charge is 0.441 e. The molecule has 2 aromatic carbocycles. The van der Waals surface area contributed by atoms with Crippen molar-refractivity contribution < 1.29 is 40.3 Å². The molecule has 39 heavy (non-hydrogen) atoms. The zero-order valence-corrected chi connectivity index (χ0v) is 20.3. The van der Waals surface area contributed by atoms with E-state index in [1.807, 2.05) is 4.90 Å². The third-order valence-electron chi connectivity index (χ3n) is 5.95. The Bertz CT molecular complexity index is 1300. The van der Waals surface area contributed by atoms with Crippen molar-refractivity contribution in [2.24, 2.45) is 0 Å². The molecule has 0 bridgehead atoms. The molecule has 0 unspecified atom stereocenters. The van der Waals surface area contributed by atoms with E-state index in [0.717, 1.165) is 62.7 Å². The average molecular weight is 551 g/mol. The number of amides is 2. The molecule has 3 aromatic rings. The zero-order chi connectivity index (χ0) is 28.2. The van der Waals surface area contributed by atoms with Crippen LogP contribution in [0.4, 0.5) is 43.6 Å². The first kappa shape index (κ1) is 27.8. The van der Waals surface area contributed by atoms with Crippen molar-refractivity contribution in [1.29, 1.82) is 0 Å². The minimum atomic E-state index is -4.67. The van der Waals surface area contributed by atoms with Gasteiger partial charge in [-0.2, -0.15) is 26.3 Å². The van der Waals surface area contributed by atoms with Crippen LogP contribution in [0.3, 0.4) is 0 Å². The number of halogens is 6. The van der Waals surface area contributed by atoms with Gasteiger partial charge in [0.1, 0.15) is 11.3 Å². The van der Waals surface area contributed by atoms with Crippen LogP contribution in [0, 0.1) is 0 Å². The number of furan rings is 1. The van der Waals surface area contributed by atoms with Gasteiger partial charge in [-0.25, -0.2) is 0 Å². The molecule has 4 rings (SSSR count). The van der Waals surface area contributed by atoms with Crippen LogP contribution in [0.5, 0.6) is 0 Å². The number of carbonyl (C=O) groups is 2. The van der Waals surface area contributed by atoms with E-state index in [1.54, 1.807) is 6.07 Å². The van der Waals surface area contributed by atoms with Gasteiger partial charge in [-0.3, -0.25) is 9.59 Å². The van der Waals surface area contributed by atoms with Gasteiger partial charge in [0.25, 0.3) is 11.8 Å². The molecule has 0 radical (unpaired) electrons. The van der Waals surface area contributed by atoms with Crippen molar-refractivity contribution in [3.63, 3.8) is 0 Å². The normalized spacial score (nSPS) is 14.1. The SMILES string of the molecule is O=C(Nc1cccc(C(F)(F)F)c1)C(=Cc1ccc(N2CCCCC2)o1)C(=O)Nc1cccc(C(F)(F)F)c1. The van der Waals surface area contributed by atoms with Gasteiger partial charge in [0, 0.05) is 30.5 Å². The van der Waals surface area contributed by atoms with Crippen molar-refractivity contribution in [2.75, 3.05) is 28.6 Å². The van der Waals surface area contributed by atoms with E-state index < -0.39 is 40.9 Å². The highest BCUT2D eigenvalue weighted by Gasteiger charge is 2.32. The first-order valence-corrected chi connectivity index (χ1v) is 11.9. The third-order valence-corrected chi connectivity index (χ3v) is 5.95. The summed E-state index contributed by atoms with van der Waals surface area (Å²) in [5, 5.41) is 4.49. The number of alkyl halides is 6. The second-order valence-corrected chi connectivity index (χ2v) is 8.85. The molecule has 1 saturated heterocycles. The predicted octanol–water partition coefficient (Wildman–Crippen LogP) is 6.97. The third kappa shape index (κ3) is 7.21. The molecule has 0 spiro atoms. The molecule has 206 valence electrons. The molecule has 0 aliphatic carbocycles. The van der Waals surface area contributed by atoms with Crippen LogP contribution in [-0.4, -0.2) is 24.9 Å². The van der Waals surface area contributed by atoms with E-state index in [0.29, 0.717) is 18.0 Å². The molecule has 1 aromatic heterocycles. The molecule has 6 nitrogen and oxygen atoms in total. The molecule has 1 aliphatic heterocycles. The Hall–Kier alpha value is -4.22. The van der Waals surface area contributed by atoms with Crippen LogP contribution in [0.15, 0.2) is 70.7 Å². The second kappa shape index (κ2) is 11.3. The fourth-order valence-electron chi connectivity index (χ4n) is 4.02. The van der Waals surface area contributed by atoms with Crippen LogP contribution in [-0.2, 0) is 21.9 Å². The Kier molecular flexibility index (Phi) is 8.03. The topological polar surface area (TPSA) is 74.6 Å². The monoisotopic (exact) mass is 551 g/mol. The number of hydrogen-bond acceptors (Lipinski definition) is 4. The molecule has 2 heterocycles. The number of benzene rings is 2. The Morgan fingerprint density at radius 3 is 1.74 bits per heavy atom. The Morgan fingerprint density at radius 2 is 1.26 bits per heavy atom. The number of carbonyl (C=O) groups excluding carboxylic acids is 2. The fraction of sp³-hybridized carbons (Fsp3) is 0.259. The van der Waals surface area contributed by atoms with Crippen LogP contribution >= 0.6 is 0 Å². The van der Waals surface area contributed by atoms with E-state index in [9.17, 15) is 35.9 Å². The first-order chi connectivity index (χ1) is 18.4. The minimum Gasteiger partial charge on any atom is -0.441 e. The average Bonchev–Trinajstić information content (AvgIpc) is 3.36. The van der Waals surface area contributed by atoms with Crippen molar-refractivity contribution in [1.82, 2.24) is 0 Å². The number of hydrogen-bond donors (Lipinski definition) is 2. The number of rotatable bonds is 6. The first-order valence-electron chi connectivity index (χ1n) is 11.9. The molecular weight excluding hydrogens is 528 g/mol. The van der Waals surface area contributed by atoms with Crippen molar-refractivity contribution in [3.05, 3.63) is 83.1 Å². The maximum Gasteiger partial charge on any atom is 0.416 e. The molecule has 0 saturated carbocycles. The highest BCUT2D eigenvalue weighted by molar-refractivity contribution is 6.28. The number of piperidine rings is 1. The molecular formula is C27H23F6N3O3. The van der Waals surface area contributed by atoms with Gasteiger partial charge in [-0.05, 0) is 67.8 Å². The van der Waals surface area contributed by atoms with Crippen LogP contribution in [0.25, 0.3) is 6.08 Å². The lowest BCUT2D eigenvalue weighted by Crippen LogP contribution is -2.28. The lowest BCUT2D eigenvalue weighted by Gasteiger charge is -2.25. The van der Waals surface area contributed by atoms with Gasteiger partial charge in [-0.15, -0.1) is 0 Å². The number of nitrogens with one attached hydrogen (secondary N) is 2. The molecule has 1 fully saturated rings. The highest BCUT2D eigenvalue weighted by Crippen LogP contribution is 2.32. The molecule has 12 heteroatoms. The standard InChI is InChI=1S/C27H23F6N3O3/c28-26(29,30)17-6-4-8-19(14-17)34-24(37)22(16-21-10-11-23(39-21)36-12-2-1-3-13-36)25(38)35-20-9-5-7-18(15-20)27(31,32)33/h4-11,14-16H,1-3,12-13H2,(H,34,37)(H,35,38). The van der Waals surface area contributed by atoms with E-state index in [-0.39, 0.29) is 17.1 Å². The van der Waals surface area contributed by atoms with Crippen molar-refractivity contribution >= 4 is 35.1 Å². The zero-order valence-electron chi connectivity index (χ0n) is 20.3. The Labute approximate surface area is 219 Å². The van der Waals surface area contributed by atoms with Crippen molar-refractivity contribution in [3.8, 4) is 0 Å². The summed E-state index contributed by atoms with van der Waals surface area (Å²) in [4.78, 5) is 28.2. The quantitative estimate of drug-likeness (QED) is 0.150. The van der Waals surface area contributed by atoms with E-state index in [4.69, 9.17) is 4.42 Å². The summed E-state index contributed by atoms with van der Waals surface area (Å²) in [6.07, 6.45) is -5.23. The van der Waals surface area contributed by atoms with E-state index in [2.05, 4.69) is 10.6 Å². The fourth-order valence-corrected chi connectivity index (χ4v) is 4.02. The number of anilines is 3. The smallest absolute Gasteiger partial charge is 0.416 e. The van der Waals surface area contributed by atoms with Gasteiger partial charge in [-0.1, -0.05) is 12.1 Å². The predicted molar refractivity (Wildman–Crippen MR) is 133 cm³/mol. The Balaban J connectivity index is 1.63. The van der Waals surface area contributed by atoms with Gasteiger partial charge < -0.3 is 20.0 Å². The summed E-state index contributed by atoms with van der Waals surface area (Å²) in [6.45, 7) is 1.52. The maximum absolute atomic E-state index is 13.1. The summed E-state index contributed by atoms with van der Waals surface area (Å²) >= 11 is 0. The van der Waals surface area contributed by atoms with Crippen LogP contribution in [0.1, 0.15) is 36.1 Å². The highest BCUT2D eigenvalue weighted by atomic mass is 19.4. The van der Waals surface area contributed by atoms with Gasteiger partial charge >= 0.3 is 12.4 Å². The van der Waals surface area contributed by atoms with E-state index in [1.165, 1.54) is 18.2 Å². The molecule has 2 amide bonds. The lowest BCUT2D eigenvalue weighted by molar-refractivity contribution is -0.138. The van der Waals surface area contributed by atoms with Gasteiger partial charge in [0.05, 0.1) is 11.1 Å².